The van der Waals surface area contributed by atoms with Gasteiger partial charge in [-0.3, -0.25) is 4.90 Å². The first-order chi connectivity index (χ1) is 13.3. The number of rotatable bonds is 5. The molecule has 0 aliphatic carbocycles. The van der Waals surface area contributed by atoms with E-state index in [2.05, 4.69) is 58.2 Å². The summed E-state index contributed by atoms with van der Waals surface area (Å²) in [5, 5.41) is 2.23. The lowest BCUT2D eigenvalue weighted by Crippen LogP contribution is -2.39. The number of ether oxygens (including phenoxy) is 1. The fourth-order valence-electron chi connectivity index (χ4n) is 3.27. The summed E-state index contributed by atoms with van der Waals surface area (Å²) in [5.41, 5.74) is 4.76. The van der Waals surface area contributed by atoms with Crippen molar-refractivity contribution in [3.8, 4) is 11.3 Å². The molecule has 0 N–H and O–H groups in total. The second-order valence-corrected chi connectivity index (χ2v) is 7.66. The van der Waals surface area contributed by atoms with Gasteiger partial charge in [-0.25, -0.2) is 4.99 Å². The molecule has 4 nitrogen and oxygen atoms in total. The van der Waals surface area contributed by atoms with Crippen molar-refractivity contribution in [2.45, 2.75) is 13.5 Å². The van der Waals surface area contributed by atoms with Crippen LogP contribution in [-0.4, -0.2) is 42.3 Å². The quantitative estimate of drug-likeness (QED) is 0.668. The number of aryl methyl sites for hydroxylation is 1. The van der Waals surface area contributed by atoms with E-state index < -0.39 is 0 Å². The standard InChI is InChI=1S/C22H25N3OS/c1-18-7-9-19(10-8-18)21-17-27-22(23-20-5-3-2-4-6-20)25(21)12-11-24-13-15-26-16-14-24/h2-10,17H,11-16H2,1H3. The predicted octanol–water partition coefficient (Wildman–Crippen LogP) is 4.09. The first-order valence-corrected chi connectivity index (χ1v) is 10.3. The Labute approximate surface area is 164 Å². The van der Waals surface area contributed by atoms with E-state index in [1.54, 1.807) is 11.3 Å². The topological polar surface area (TPSA) is 29.8 Å². The van der Waals surface area contributed by atoms with Crippen LogP contribution < -0.4 is 4.80 Å². The lowest BCUT2D eigenvalue weighted by Gasteiger charge is -2.26. The van der Waals surface area contributed by atoms with Crippen molar-refractivity contribution in [1.29, 1.82) is 0 Å². The van der Waals surface area contributed by atoms with Crippen molar-refractivity contribution in [3.63, 3.8) is 0 Å². The molecule has 0 saturated carbocycles. The monoisotopic (exact) mass is 379 g/mol. The Kier molecular flexibility index (Phi) is 5.82. The lowest BCUT2D eigenvalue weighted by molar-refractivity contribution is 0.0363. The average molecular weight is 380 g/mol. The van der Waals surface area contributed by atoms with E-state index in [0.717, 1.165) is 49.9 Å². The Morgan fingerprint density at radius 2 is 1.70 bits per heavy atom. The molecule has 0 bridgehead atoms. The number of morpholine rings is 1. The van der Waals surface area contributed by atoms with Gasteiger partial charge in [0.05, 0.1) is 24.6 Å². The Morgan fingerprint density at radius 1 is 0.963 bits per heavy atom. The molecule has 5 heteroatoms. The molecule has 1 saturated heterocycles. The molecule has 0 atom stereocenters. The van der Waals surface area contributed by atoms with Crippen LogP contribution in [0.25, 0.3) is 11.3 Å². The van der Waals surface area contributed by atoms with E-state index in [9.17, 15) is 0 Å². The minimum absolute atomic E-state index is 0.834. The maximum atomic E-state index is 5.48. The number of thiazole rings is 1. The van der Waals surface area contributed by atoms with Gasteiger partial charge in [0.2, 0.25) is 0 Å². The van der Waals surface area contributed by atoms with Gasteiger partial charge in [-0.05, 0) is 24.6 Å². The van der Waals surface area contributed by atoms with Crippen molar-refractivity contribution >= 4 is 17.0 Å². The van der Waals surface area contributed by atoms with Gasteiger partial charge in [-0.1, -0.05) is 48.0 Å². The van der Waals surface area contributed by atoms with Gasteiger partial charge in [0.25, 0.3) is 0 Å². The Bertz CT molecular complexity index is 922. The summed E-state index contributed by atoms with van der Waals surface area (Å²) >= 11 is 1.71. The molecule has 1 fully saturated rings. The molecule has 0 unspecified atom stereocenters. The molecule has 0 radical (unpaired) electrons. The highest BCUT2D eigenvalue weighted by Crippen LogP contribution is 2.21. The largest absolute Gasteiger partial charge is 0.379 e. The van der Waals surface area contributed by atoms with Gasteiger partial charge in [-0.2, -0.15) is 0 Å². The lowest BCUT2D eigenvalue weighted by atomic mass is 10.1. The highest BCUT2D eigenvalue weighted by molar-refractivity contribution is 7.07. The number of aromatic nitrogens is 1. The van der Waals surface area contributed by atoms with Crippen molar-refractivity contribution in [1.82, 2.24) is 9.47 Å². The minimum Gasteiger partial charge on any atom is -0.379 e. The van der Waals surface area contributed by atoms with Crippen LogP contribution in [0.1, 0.15) is 5.56 Å². The molecule has 3 aromatic rings. The molecule has 140 valence electrons. The molecule has 0 amide bonds. The van der Waals surface area contributed by atoms with E-state index in [4.69, 9.17) is 9.73 Å². The summed E-state index contributed by atoms with van der Waals surface area (Å²) in [4.78, 5) is 8.42. The van der Waals surface area contributed by atoms with Crippen LogP contribution in [0, 0.1) is 6.92 Å². The molecule has 2 aromatic carbocycles. The molecular weight excluding hydrogens is 354 g/mol. The first kappa shape index (κ1) is 18.2. The van der Waals surface area contributed by atoms with Gasteiger partial charge in [0.15, 0.2) is 4.80 Å². The fourth-order valence-corrected chi connectivity index (χ4v) is 4.22. The molecule has 1 aliphatic rings. The van der Waals surface area contributed by atoms with Crippen molar-refractivity contribution in [2.75, 3.05) is 32.8 Å². The van der Waals surface area contributed by atoms with E-state index in [1.165, 1.54) is 16.8 Å². The smallest absolute Gasteiger partial charge is 0.190 e. The maximum Gasteiger partial charge on any atom is 0.190 e. The van der Waals surface area contributed by atoms with E-state index in [0.29, 0.717) is 0 Å². The normalized spacial score (nSPS) is 16.0. The number of nitrogens with zero attached hydrogens (tertiary/aromatic N) is 3. The second-order valence-electron chi connectivity index (χ2n) is 6.82. The zero-order valence-electron chi connectivity index (χ0n) is 15.7. The molecule has 0 spiro atoms. The molecule has 2 heterocycles. The average Bonchev–Trinajstić information content (AvgIpc) is 3.11. The zero-order chi connectivity index (χ0) is 18.5. The highest BCUT2D eigenvalue weighted by Gasteiger charge is 2.13. The molecule has 1 aromatic heterocycles. The van der Waals surface area contributed by atoms with E-state index >= 15 is 0 Å². The first-order valence-electron chi connectivity index (χ1n) is 9.45. The van der Waals surface area contributed by atoms with Gasteiger partial charge in [0, 0.05) is 31.6 Å². The van der Waals surface area contributed by atoms with Crippen LogP contribution in [-0.2, 0) is 11.3 Å². The number of hydrogen-bond acceptors (Lipinski definition) is 4. The van der Waals surface area contributed by atoms with Gasteiger partial charge in [-0.15, -0.1) is 11.3 Å². The Morgan fingerprint density at radius 3 is 2.44 bits per heavy atom. The highest BCUT2D eigenvalue weighted by atomic mass is 32.1. The summed E-state index contributed by atoms with van der Waals surface area (Å²) < 4.78 is 7.84. The van der Waals surface area contributed by atoms with Crippen LogP contribution in [0.3, 0.4) is 0 Å². The van der Waals surface area contributed by atoms with Crippen molar-refractivity contribution < 1.29 is 4.74 Å². The molecule has 1 aliphatic heterocycles. The van der Waals surface area contributed by atoms with Crippen molar-refractivity contribution in [2.24, 2.45) is 4.99 Å². The molecular formula is C22H25N3OS. The number of benzene rings is 2. The van der Waals surface area contributed by atoms with Crippen LogP contribution in [0.15, 0.2) is 65.0 Å². The number of hydrogen-bond donors (Lipinski definition) is 0. The molecule has 4 rings (SSSR count). The SMILES string of the molecule is Cc1ccc(-c2csc(=Nc3ccccc3)n2CCN2CCOCC2)cc1. The fraction of sp³-hybridized carbons (Fsp3) is 0.318. The van der Waals surface area contributed by atoms with Gasteiger partial charge >= 0.3 is 0 Å². The maximum absolute atomic E-state index is 5.48. The Hall–Kier alpha value is -2.21. The Balaban J connectivity index is 1.68. The summed E-state index contributed by atoms with van der Waals surface area (Å²) in [6, 6.07) is 19.0. The summed E-state index contributed by atoms with van der Waals surface area (Å²) in [7, 11) is 0. The van der Waals surface area contributed by atoms with Crippen LogP contribution >= 0.6 is 11.3 Å². The summed E-state index contributed by atoms with van der Waals surface area (Å²) in [5.74, 6) is 0. The van der Waals surface area contributed by atoms with Crippen LogP contribution in [0.2, 0.25) is 0 Å². The van der Waals surface area contributed by atoms with E-state index in [1.807, 2.05) is 18.2 Å². The third-order valence-corrected chi connectivity index (χ3v) is 5.73. The third-order valence-electron chi connectivity index (χ3n) is 4.87. The minimum atomic E-state index is 0.834. The third kappa shape index (κ3) is 4.56. The molecule has 27 heavy (non-hydrogen) atoms. The summed E-state index contributed by atoms with van der Waals surface area (Å²) in [6.07, 6.45) is 0. The second kappa shape index (κ2) is 8.65. The van der Waals surface area contributed by atoms with Gasteiger partial charge < -0.3 is 9.30 Å². The van der Waals surface area contributed by atoms with Gasteiger partial charge in [0.1, 0.15) is 0 Å². The van der Waals surface area contributed by atoms with E-state index in [-0.39, 0.29) is 0 Å². The summed E-state index contributed by atoms with van der Waals surface area (Å²) in [6.45, 7) is 7.76. The number of para-hydroxylation sites is 1. The predicted molar refractivity (Wildman–Crippen MR) is 111 cm³/mol. The zero-order valence-corrected chi connectivity index (χ0v) is 16.5. The van der Waals surface area contributed by atoms with Crippen LogP contribution in [0.4, 0.5) is 5.69 Å². The van der Waals surface area contributed by atoms with Crippen molar-refractivity contribution in [3.05, 3.63) is 70.3 Å². The van der Waals surface area contributed by atoms with Crippen LogP contribution in [0.5, 0.6) is 0 Å².